The average molecular weight is 272 g/mol. The Morgan fingerprint density at radius 1 is 1.37 bits per heavy atom. The number of hydrogen-bond acceptors (Lipinski definition) is 3. The summed E-state index contributed by atoms with van der Waals surface area (Å²) in [6.45, 7) is 5.77. The SMILES string of the molecule is CC(C)(C)C(N)Cc1ccc([N+](=O)[O-])cc1C(F)F. The molecule has 0 saturated carbocycles. The first-order chi connectivity index (χ1) is 8.62. The summed E-state index contributed by atoms with van der Waals surface area (Å²) in [6.07, 6.45) is -2.48. The van der Waals surface area contributed by atoms with Gasteiger partial charge in [-0.3, -0.25) is 10.1 Å². The Bertz CT molecular complexity index is 470. The third-order valence-corrected chi connectivity index (χ3v) is 3.13. The first-order valence-corrected chi connectivity index (χ1v) is 5.94. The summed E-state index contributed by atoms with van der Waals surface area (Å²) in [6, 6.07) is 3.23. The van der Waals surface area contributed by atoms with Gasteiger partial charge in [0.25, 0.3) is 12.1 Å². The molecule has 1 atom stereocenters. The van der Waals surface area contributed by atoms with Gasteiger partial charge in [-0.25, -0.2) is 8.78 Å². The third kappa shape index (κ3) is 3.96. The molecule has 1 rings (SSSR count). The zero-order valence-electron chi connectivity index (χ0n) is 11.2. The molecule has 0 spiro atoms. The highest BCUT2D eigenvalue weighted by Crippen LogP contribution is 2.30. The van der Waals surface area contributed by atoms with E-state index < -0.39 is 11.3 Å². The van der Waals surface area contributed by atoms with Crippen molar-refractivity contribution in [3.8, 4) is 0 Å². The smallest absolute Gasteiger partial charge is 0.269 e. The van der Waals surface area contributed by atoms with Gasteiger partial charge in [0.2, 0.25) is 0 Å². The normalized spacial score (nSPS) is 13.6. The van der Waals surface area contributed by atoms with Crippen molar-refractivity contribution in [2.75, 3.05) is 0 Å². The fourth-order valence-corrected chi connectivity index (χ4v) is 1.63. The molecule has 0 fully saturated rings. The van der Waals surface area contributed by atoms with Crippen molar-refractivity contribution in [1.29, 1.82) is 0 Å². The molecule has 0 aliphatic heterocycles. The maximum absolute atomic E-state index is 13.0. The number of alkyl halides is 2. The number of non-ortho nitro benzene ring substituents is 1. The quantitative estimate of drug-likeness (QED) is 0.674. The number of nitro groups is 1. The van der Waals surface area contributed by atoms with Crippen LogP contribution in [0.25, 0.3) is 0 Å². The van der Waals surface area contributed by atoms with Gasteiger partial charge in [0.05, 0.1) is 4.92 Å². The minimum Gasteiger partial charge on any atom is -0.327 e. The number of nitro benzene ring substituents is 1. The lowest BCUT2D eigenvalue weighted by molar-refractivity contribution is -0.385. The number of halogens is 2. The lowest BCUT2D eigenvalue weighted by Crippen LogP contribution is -2.37. The summed E-state index contributed by atoms with van der Waals surface area (Å²) in [4.78, 5) is 9.92. The average Bonchev–Trinajstić information content (AvgIpc) is 2.27. The van der Waals surface area contributed by atoms with Gasteiger partial charge >= 0.3 is 0 Å². The van der Waals surface area contributed by atoms with Crippen LogP contribution in [0.1, 0.15) is 38.3 Å². The molecule has 0 saturated heterocycles. The summed E-state index contributed by atoms with van der Waals surface area (Å²) in [5.41, 5.74) is 5.47. The van der Waals surface area contributed by atoms with Crippen LogP contribution in [0.2, 0.25) is 0 Å². The van der Waals surface area contributed by atoms with Gasteiger partial charge in [-0.15, -0.1) is 0 Å². The molecule has 1 aromatic rings. The number of nitrogens with two attached hydrogens (primary N) is 1. The molecule has 0 aromatic heterocycles. The Hall–Kier alpha value is -1.56. The van der Waals surface area contributed by atoms with E-state index in [0.29, 0.717) is 5.56 Å². The van der Waals surface area contributed by atoms with Crippen molar-refractivity contribution >= 4 is 5.69 Å². The fourth-order valence-electron chi connectivity index (χ4n) is 1.63. The van der Waals surface area contributed by atoms with Gasteiger partial charge in [-0.1, -0.05) is 26.8 Å². The lowest BCUT2D eigenvalue weighted by atomic mass is 9.83. The Morgan fingerprint density at radius 2 is 1.95 bits per heavy atom. The van der Waals surface area contributed by atoms with Crippen LogP contribution in [0.3, 0.4) is 0 Å². The second-order valence-corrected chi connectivity index (χ2v) is 5.62. The molecule has 1 aromatic carbocycles. The maximum atomic E-state index is 13.0. The summed E-state index contributed by atoms with van der Waals surface area (Å²) >= 11 is 0. The first-order valence-electron chi connectivity index (χ1n) is 5.94. The van der Waals surface area contributed by atoms with Crippen molar-refractivity contribution in [3.05, 3.63) is 39.4 Å². The molecule has 0 heterocycles. The highest BCUT2D eigenvalue weighted by atomic mass is 19.3. The Kier molecular flexibility index (Phi) is 4.57. The monoisotopic (exact) mass is 272 g/mol. The van der Waals surface area contributed by atoms with E-state index in [-0.39, 0.29) is 29.1 Å². The van der Waals surface area contributed by atoms with Gasteiger partial charge in [0, 0.05) is 23.7 Å². The van der Waals surface area contributed by atoms with Crippen LogP contribution in [-0.2, 0) is 6.42 Å². The number of nitrogens with zero attached hydrogens (tertiary/aromatic N) is 1. The van der Waals surface area contributed by atoms with Crippen LogP contribution in [0, 0.1) is 15.5 Å². The van der Waals surface area contributed by atoms with Crippen LogP contribution in [-0.4, -0.2) is 11.0 Å². The molecule has 19 heavy (non-hydrogen) atoms. The molecule has 106 valence electrons. The van der Waals surface area contributed by atoms with Crippen molar-refractivity contribution in [1.82, 2.24) is 0 Å². The van der Waals surface area contributed by atoms with E-state index in [1.54, 1.807) is 0 Å². The summed E-state index contributed by atoms with van der Waals surface area (Å²) in [7, 11) is 0. The second kappa shape index (κ2) is 5.61. The van der Waals surface area contributed by atoms with Gasteiger partial charge in [0.1, 0.15) is 0 Å². The van der Waals surface area contributed by atoms with Gasteiger partial charge in [-0.05, 0) is 17.4 Å². The van der Waals surface area contributed by atoms with Crippen molar-refractivity contribution < 1.29 is 13.7 Å². The van der Waals surface area contributed by atoms with Crippen LogP contribution in [0.15, 0.2) is 18.2 Å². The minimum atomic E-state index is -2.75. The van der Waals surface area contributed by atoms with Crippen LogP contribution in [0.4, 0.5) is 14.5 Å². The van der Waals surface area contributed by atoms with Crippen molar-refractivity contribution in [2.24, 2.45) is 11.1 Å². The number of hydrogen-bond donors (Lipinski definition) is 1. The molecule has 0 bridgehead atoms. The van der Waals surface area contributed by atoms with E-state index in [1.807, 2.05) is 20.8 Å². The molecule has 4 nitrogen and oxygen atoms in total. The fraction of sp³-hybridized carbons (Fsp3) is 0.538. The topological polar surface area (TPSA) is 69.2 Å². The summed E-state index contributed by atoms with van der Waals surface area (Å²) < 4.78 is 25.9. The molecule has 6 heteroatoms. The standard InChI is InChI=1S/C13H18F2N2O2/c1-13(2,3)11(16)6-8-4-5-9(17(18)19)7-10(8)12(14)15/h4-5,7,11-12H,6,16H2,1-3H3. The predicted molar refractivity (Wildman–Crippen MR) is 69.2 cm³/mol. The summed E-state index contributed by atoms with van der Waals surface area (Å²) in [5.74, 6) is 0. The van der Waals surface area contributed by atoms with E-state index in [1.165, 1.54) is 12.1 Å². The number of benzene rings is 1. The van der Waals surface area contributed by atoms with Crippen molar-refractivity contribution in [2.45, 2.75) is 39.7 Å². The first kappa shape index (κ1) is 15.5. The van der Waals surface area contributed by atoms with Gasteiger partial charge in [-0.2, -0.15) is 0 Å². The van der Waals surface area contributed by atoms with E-state index in [0.717, 1.165) is 6.07 Å². The van der Waals surface area contributed by atoms with E-state index in [4.69, 9.17) is 5.73 Å². The molecule has 0 amide bonds. The third-order valence-electron chi connectivity index (χ3n) is 3.13. The van der Waals surface area contributed by atoms with Gasteiger partial charge < -0.3 is 5.73 Å². The second-order valence-electron chi connectivity index (χ2n) is 5.62. The van der Waals surface area contributed by atoms with Gasteiger partial charge in [0.15, 0.2) is 0 Å². The zero-order valence-corrected chi connectivity index (χ0v) is 11.2. The van der Waals surface area contributed by atoms with Crippen LogP contribution in [0.5, 0.6) is 0 Å². The highest BCUT2D eigenvalue weighted by molar-refractivity contribution is 5.41. The Morgan fingerprint density at radius 3 is 2.37 bits per heavy atom. The maximum Gasteiger partial charge on any atom is 0.269 e. The van der Waals surface area contributed by atoms with Crippen LogP contribution >= 0.6 is 0 Å². The highest BCUT2D eigenvalue weighted by Gasteiger charge is 2.24. The molecule has 0 radical (unpaired) electrons. The van der Waals surface area contributed by atoms with Crippen LogP contribution < -0.4 is 5.73 Å². The molecule has 1 unspecified atom stereocenters. The van der Waals surface area contributed by atoms with Crippen molar-refractivity contribution in [3.63, 3.8) is 0 Å². The minimum absolute atomic E-state index is 0.221. The molecule has 2 N–H and O–H groups in total. The summed E-state index contributed by atoms with van der Waals surface area (Å²) in [5, 5.41) is 10.6. The molecular formula is C13H18F2N2O2. The lowest BCUT2D eigenvalue weighted by Gasteiger charge is -2.27. The van der Waals surface area contributed by atoms with E-state index in [9.17, 15) is 18.9 Å². The number of rotatable bonds is 4. The predicted octanol–water partition coefficient (Wildman–Crippen LogP) is 3.45. The van der Waals surface area contributed by atoms with E-state index >= 15 is 0 Å². The van der Waals surface area contributed by atoms with E-state index in [2.05, 4.69) is 0 Å². The molecule has 0 aliphatic rings. The largest absolute Gasteiger partial charge is 0.327 e. The zero-order chi connectivity index (χ0) is 14.8. The Labute approximate surface area is 110 Å². The molecular weight excluding hydrogens is 254 g/mol. The Balaban J connectivity index is 3.11. The molecule has 0 aliphatic carbocycles.